The molecule has 0 aromatic heterocycles. The minimum absolute atomic E-state index is 0. The van der Waals surface area contributed by atoms with Gasteiger partial charge in [-0.15, -0.1) is 0 Å². The number of methoxy groups -OCH3 is 1. The SMILES string of the molecule is CO/C(=C/C(=O)NC(C(C)=O)C(C)C)C(=O)COC(C)C.S. The molecule has 0 saturated heterocycles. The Morgan fingerprint density at radius 3 is 2.05 bits per heavy atom. The Morgan fingerprint density at radius 1 is 1.14 bits per heavy atom. The topological polar surface area (TPSA) is 81.7 Å². The lowest BCUT2D eigenvalue weighted by Crippen LogP contribution is -2.42. The molecule has 6 nitrogen and oxygen atoms in total. The molecule has 0 aliphatic carbocycles. The zero-order valence-corrected chi connectivity index (χ0v) is 15.1. The maximum absolute atomic E-state index is 11.9. The van der Waals surface area contributed by atoms with Crippen LogP contribution in [0.1, 0.15) is 34.6 Å². The van der Waals surface area contributed by atoms with E-state index in [2.05, 4.69) is 5.32 Å². The van der Waals surface area contributed by atoms with Crippen LogP contribution >= 0.6 is 13.5 Å². The molecule has 1 amide bonds. The van der Waals surface area contributed by atoms with Crippen LogP contribution in [-0.2, 0) is 23.9 Å². The summed E-state index contributed by atoms with van der Waals surface area (Å²) in [5.41, 5.74) is 0. The summed E-state index contributed by atoms with van der Waals surface area (Å²) in [5.74, 6) is -1.24. The Labute approximate surface area is 139 Å². The molecule has 22 heavy (non-hydrogen) atoms. The van der Waals surface area contributed by atoms with Gasteiger partial charge in [0.15, 0.2) is 11.5 Å². The van der Waals surface area contributed by atoms with Crippen LogP contribution in [0.2, 0.25) is 0 Å². The Bertz CT molecular complexity index is 418. The van der Waals surface area contributed by atoms with Crippen molar-refractivity contribution in [1.29, 1.82) is 0 Å². The molecule has 0 radical (unpaired) electrons. The smallest absolute Gasteiger partial charge is 0.248 e. The van der Waals surface area contributed by atoms with Gasteiger partial charge in [0.2, 0.25) is 11.7 Å². The first-order valence-corrected chi connectivity index (χ1v) is 6.90. The fourth-order valence-electron chi connectivity index (χ4n) is 1.62. The Hall–Kier alpha value is -1.34. The van der Waals surface area contributed by atoms with E-state index in [1.54, 1.807) is 13.8 Å². The molecule has 0 spiro atoms. The van der Waals surface area contributed by atoms with Crippen molar-refractivity contribution < 1.29 is 23.9 Å². The van der Waals surface area contributed by atoms with E-state index in [0.717, 1.165) is 6.08 Å². The number of nitrogens with one attached hydrogen (secondary N) is 1. The van der Waals surface area contributed by atoms with Crippen LogP contribution < -0.4 is 5.32 Å². The van der Waals surface area contributed by atoms with Crippen molar-refractivity contribution in [1.82, 2.24) is 5.32 Å². The molecule has 7 heteroatoms. The number of ketones is 2. The Balaban J connectivity index is 0. The van der Waals surface area contributed by atoms with Crippen molar-refractivity contribution >= 4 is 31.0 Å². The van der Waals surface area contributed by atoms with E-state index in [0.29, 0.717) is 0 Å². The van der Waals surface area contributed by atoms with Gasteiger partial charge in [0, 0.05) is 6.08 Å². The fraction of sp³-hybridized carbons (Fsp3) is 0.667. The minimum Gasteiger partial charge on any atom is -0.493 e. The lowest BCUT2D eigenvalue weighted by atomic mass is 10.0. The summed E-state index contributed by atoms with van der Waals surface area (Å²) in [6.07, 6.45) is 0.952. The third-order valence-corrected chi connectivity index (χ3v) is 2.71. The molecule has 0 aromatic rings. The number of carbonyl (C=O) groups excluding carboxylic acids is 3. The van der Waals surface area contributed by atoms with Crippen LogP contribution in [0.15, 0.2) is 11.8 Å². The minimum atomic E-state index is -0.589. The van der Waals surface area contributed by atoms with Crippen molar-refractivity contribution in [2.75, 3.05) is 13.7 Å². The highest BCUT2D eigenvalue weighted by molar-refractivity contribution is 7.59. The standard InChI is InChI=1S/C15H25NO5.H2S/c1-9(2)15(11(5)17)16-14(19)7-13(20-6)12(18)8-21-10(3)4;/h7,9-10,15H,8H2,1-6H3,(H,16,19);1H2/b13-7+;. The summed E-state index contributed by atoms with van der Waals surface area (Å²) in [5, 5.41) is 2.56. The first-order valence-electron chi connectivity index (χ1n) is 6.90. The van der Waals surface area contributed by atoms with Crippen LogP contribution in [-0.4, -0.2) is 43.3 Å². The van der Waals surface area contributed by atoms with E-state index >= 15 is 0 Å². The lowest BCUT2D eigenvalue weighted by Gasteiger charge is -2.18. The van der Waals surface area contributed by atoms with E-state index in [9.17, 15) is 14.4 Å². The summed E-state index contributed by atoms with van der Waals surface area (Å²) in [6, 6.07) is -0.589. The quantitative estimate of drug-likeness (QED) is 0.509. The number of Topliss-reactive ketones (excluding diaryl/α,β-unsaturated/α-hetero) is 2. The summed E-state index contributed by atoms with van der Waals surface area (Å²) in [6.45, 7) is 8.51. The zero-order chi connectivity index (χ0) is 16.6. The fourth-order valence-corrected chi connectivity index (χ4v) is 1.62. The van der Waals surface area contributed by atoms with E-state index in [-0.39, 0.29) is 43.7 Å². The first-order chi connectivity index (χ1) is 9.68. The molecule has 1 atom stereocenters. The van der Waals surface area contributed by atoms with Crippen molar-refractivity contribution in [2.24, 2.45) is 5.92 Å². The number of hydrogen-bond donors (Lipinski definition) is 1. The summed E-state index contributed by atoms with van der Waals surface area (Å²) < 4.78 is 10.1. The molecule has 128 valence electrons. The number of rotatable bonds is 9. The van der Waals surface area contributed by atoms with Gasteiger partial charge in [-0.25, -0.2) is 0 Å². The Kier molecular flexibility index (Phi) is 11.7. The highest BCUT2D eigenvalue weighted by atomic mass is 32.1. The lowest BCUT2D eigenvalue weighted by molar-refractivity contribution is -0.126. The van der Waals surface area contributed by atoms with E-state index in [1.165, 1.54) is 14.0 Å². The van der Waals surface area contributed by atoms with Crippen LogP contribution in [0.25, 0.3) is 0 Å². The highest BCUT2D eigenvalue weighted by Crippen LogP contribution is 2.04. The number of carbonyl (C=O) groups is 3. The molecule has 0 bridgehead atoms. The van der Waals surface area contributed by atoms with Gasteiger partial charge in [0.1, 0.15) is 6.61 Å². The summed E-state index contributed by atoms with van der Waals surface area (Å²) in [4.78, 5) is 35.1. The maximum Gasteiger partial charge on any atom is 0.248 e. The predicted octanol–water partition coefficient (Wildman–Crippen LogP) is 1.35. The second kappa shape index (κ2) is 11.3. The molecule has 0 aromatic carbocycles. The van der Waals surface area contributed by atoms with Crippen molar-refractivity contribution in [2.45, 2.75) is 46.8 Å². The largest absolute Gasteiger partial charge is 0.493 e. The second-order valence-corrected chi connectivity index (χ2v) is 5.34. The maximum atomic E-state index is 11.9. The van der Waals surface area contributed by atoms with Gasteiger partial charge in [-0.1, -0.05) is 13.8 Å². The molecule has 0 rings (SSSR count). The van der Waals surface area contributed by atoms with Crippen molar-refractivity contribution in [3.8, 4) is 0 Å². The molecule has 0 aliphatic rings. The van der Waals surface area contributed by atoms with Gasteiger partial charge in [0.05, 0.1) is 19.3 Å². The molecule has 0 saturated carbocycles. The third kappa shape index (κ3) is 8.84. The van der Waals surface area contributed by atoms with E-state index in [1.807, 2.05) is 13.8 Å². The molecule has 0 fully saturated rings. The van der Waals surface area contributed by atoms with Gasteiger partial charge in [-0.05, 0) is 26.7 Å². The van der Waals surface area contributed by atoms with Crippen LogP contribution in [0, 0.1) is 5.92 Å². The van der Waals surface area contributed by atoms with Gasteiger partial charge >= 0.3 is 0 Å². The normalized spacial score (nSPS) is 12.6. The second-order valence-electron chi connectivity index (χ2n) is 5.34. The average Bonchev–Trinajstić information content (AvgIpc) is 2.38. The Morgan fingerprint density at radius 2 is 1.68 bits per heavy atom. The molecular weight excluding hydrogens is 306 g/mol. The van der Waals surface area contributed by atoms with Gasteiger partial charge in [0.25, 0.3) is 0 Å². The molecular formula is C15H27NO5S. The average molecular weight is 333 g/mol. The monoisotopic (exact) mass is 333 g/mol. The van der Waals surface area contributed by atoms with Crippen molar-refractivity contribution in [3.05, 3.63) is 11.8 Å². The highest BCUT2D eigenvalue weighted by Gasteiger charge is 2.21. The predicted molar refractivity (Wildman–Crippen MR) is 89.0 cm³/mol. The van der Waals surface area contributed by atoms with E-state index in [4.69, 9.17) is 9.47 Å². The van der Waals surface area contributed by atoms with Crippen molar-refractivity contribution in [3.63, 3.8) is 0 Å². The number of ether oxygens (including phenoxy) is 2. The number of hydrogen-bond acceptors (Lipinski definition) is 5. The summed E-state index contributed by atoms with van der Waals surface area (Å²) in [7, 11) is 1.30. The van der Waals surface area contributed by atoms with Gasteiger partial charge in [-0.3, -0.25) is 14.4 Å². The number of amides is 1. The molecule has 0 heterocycles. The first kappa shape index (κ1) is 22.9. The van der Waals surface area contributed by atoms with E-state index < -0.39 is 17.7 Å². The van der Waals surface area contributed by atoms with Gasteiger partial charge in [-0.2, -0.15) is 13.5 Å². The summed E-state index contributed by atoms with van der Waals surface area (Å²) >= 11 is 0. The van der Waals surface area contributed by atoms with Crippen LogP contribution in [0.3, 0.4) is 0 Å². The molecule has 1 N–H and O–H groups in total. The van der Waals surface area contributed by atoms with Gasteiger partial charge < -0.3 is 14.8 Å². The van der Waals surface area contributed by atoms with Crippen LogP contribution in [0.5, 0.6) is 0 Å². The van der Waals surface area contributed by atoms with Crippen LogP contribution in [0.4, 0.5) is 0 Å². The zero-order valence-electron chi connectivity index (χ0n) is 14.1. The molecule has 0 aliphatic heterocycles. The third-order valence-electron chi connectivity index (χ3n) is 2.71. The molecule has 1 unspecified atom stereocenters.